The molecule has 0 saturated carbocycles. The standard InChI is InChI=1S/C13H19Br2NO/c1-13(2,3)4-5-16-8-9-6-10(14)12(17)11(15)7-9/h6-7,16-17H,4-5,8H2,1-3H3. The molecule has 0 heterocycles. The third-order valence-corrected chi connectivity index (χ3v) is 3.67. The Morgan fingerprint density at radius 2 is 1.71 bits per heavy atom. The summed E-state index contributed by atoms with van der Waals surface area (Å²) in [4.78, 5) is 0. The maximum atomic E-state index is 9.59. The van der Waals surface area contributed by atoms with Crippen molar-refractivity contribution in [1.29, 1.82) is 0 Å². The Labute approximate surface area is 120 Å². The van der Waals surface area contributed by atoms with E-state index in [1.54, 1.807) is 0 Å². The van der Waals surface area contributed by atoms with Gasteiger partial charge in [0.05, 0.1) is 8.95 Å². The summed E-state index contributed by atoms with van der Waals surface area (Å²) in [5, 5.41) is 13.0. The summed E-state index contributed by atoms with van der Waals surface area (Å²) in [6, 6.07) is 3.87. The Bertz CT molecular complexity index is 362. The average Bonchev–Trinajstić information content (AvgIpc) is 2.19. The number of nitrogens with one attached hydrogen (secondary N) is 1. The fourth-order valence-corrected chi connectivity index (χ4v) is 2.70. The fraction of sp³-hybridized carbons (Fsp3) is 0.538. The van der Waals surface area contributed by atoms with Crippen molar-refractivity contribution in [2.24, 2.45) is 5.41 Å². The number of halogens is 2. The van der Waals surface area contributed by atoms with Gasteiger partial charge in [-0.1, -0.05) is 20.8 Å². The van der Waals surface area contributed by atoms with Crippen molar-refractivity contribution in [1.82, 2.24) is 5.32 Å². The lowest BCUT2D eigenvalue weighted by molar-refractivity contribution is 0.366. The third kappa shape index (κ3) is 5.40. The average molecular weight is 365 g/mol. The van der Waals surface area contributed by atoms with Crippen molar-refractivity contribution < 1.29 is 5.11 Å². The van der Waals surface area contributed by atoms with Gasteiger partial charge in [-0.3, -0.25) is 0 Å². The lowest BCUT2D eigenvalue weighted by Gasteiger charge is -2.18. The van der Waals surface area contributed by atoms with Gasteiger partial charge in [-0.15, -0.1) is 0 Å². The molecule has 0 aliphatic carbocycles. The lowest BCUT2D eigenvalue weighted by Crippen LogP contribution is -2.20. The molecule has 0 aliphatic heterocycles. The number of rotatable bonds is 4. The Hall–Kier alpha value is -0.0600. The van der Waals surface area contributed by atoms with Gasteiger partial charge in [0.1, 0.15) is 5.75 Å². The molecule has 0 bridgehead atoms. The van der Waals surface area contributed by atoms with Crippen molar-refractivity contribution in [3.05, 3.63) is 26.6 Å². The molecule has 4 heteroatoms. The summed E-state index contributed by atoms with van der Waals surface area (Å²) in [7, 11) is 0. The number of benzene rings is 1. The van der Waals surface area contributed by atoms with E-state index in [9.17, 15) is 5.11 Å². The quantitative estimate of drug-likeness (QED) is 0.774. The van der Waals surface area contributed by atoms with E-state index in [1.165, 1.54) is 0 Å². The number of hydrogen-bond donors (Lipinski definition) is 2. The molecule has 1 rings (SSSR count). The van der Waals surface area contributed by atoms with Gasteiger partial charge in [0, 0.05) is 6.54 Å². The van der Waals surface area contributed by atoms with E-state index in [-0.39, 0.29) is 5.75 Å². The van der Waals surface area contributed by atoms with Gasteiger partial charge in [0.15, 0.2) is 0 Å². The molecule has 17 heavy (non-hydrogen) atoms. The summed E-state index contributed by atoms with van der Waals surface area (Å²) in [6.45, 7) is 8.53. The zero-order valence-corrected chi connectivity index (χ0v) is 13.7. The predicted molar refractivity (Wildman–Crippen MR) is 79.3 cm³/mol. The number of phenols is 1. The summed E-state index contributed by atoms with van der Waals surface area (Å²) in [6.07, 6.45) is 1.15. The van der Waals surface area contributed by atoms with E-state index < -0.39 is 0 Å². The molecule has 0 spiro atoms. The van der Waals surface area contributed by atoms with Gasteiger partial charge >= 0.3 is 0 Å². The molecule has 96 valence electrons. The van der Waals surface area contributed by atoms with Crippen LogP contribution in [-0.2, 0) is 6.54 Å². The van der Waals surface area contributed by atoms with Gasteiger partial charge in [-0.25, -0.2) is 0 Å². The minimum atomic E-state index is 0.253. The first-order valence-electron chi connectivity index (χ1n) is 5.67. The second kappa shape index (κ2) is 6.21. The first-order valence-corrected chi connectivity index (χ1v) is 7.26. The van der Waals surface area contributed by atoms with Crippen molar-refractivity contribution >= 4 is 31.9 Å². The van der Waals surface area contributed by atoms with Crippen LogP contribution in [0.2, 0.25) is 0 Å². The number of hydrogen-bond acceptors (Lipinski definition) is 2. The van der Waals surface area contributed by atoms with Crippen LogP contribution in [0.1, 0.15) is 32.8 Å². The van der Waals surface area contributed by atoms with Gasteiger partial charge in [0.2, 0.25) is 0 Å². The Balaban J connectivity index is 2.48. The highest BCUT2D eigenvalue weighted by Crippen LogP contribution is 2.33. The normalized spacial score (nSPS) is 11.8. The fourth-order valence-electron chi connectivity index (χ4n) is 1.42. The molecule has 2 nitrogen and oxygen atoms in total. The van der Waals surface area contributed by atoms with Crippen molar-refractivity contribution in [2.45, 2.75) is 33.7 Å². The molecule has 0 unspecified atom stereocenters. The van der Waals surface area contributed by atoms with Crippen LogP contribution in [0.5, 0.6) is 5.75 Å². The van der Waals surface area contributed by atoms with Gasteiger partial charge in [0.25, 0.3) is 0 Å². The highest BCUT2D eigenvalue weighted by molar-refractivity contribution is 9.11. The smallest absolute Gasteiger partial charge is 0.143 e. The second-order valence-electron chi connectivity index (χ2n) is 5.40. The topological polar surface area (TPSA) is 32.3 Å². The number of phenolic OH excluding ortho intramolecular Hbond substituents is 1. The van der Waals surface area contributed by atoms with Crippen LogP contribution in [0.15, 0.2) is 21.1 Å². The Morgan fingerprint density at radius 1 is 1.18 bits per heavy atom. The molecular weight excluding hydrogens is 346 g/mol. The highest BCUT2D eigenvalue weighted by atomic mass is 79.9. The van der Waals surface area contributed by atoms with Crippen LogP contribution in [-0.4, -0.2) is 11.7 Å². The van der Waals surface area contributed by atoms with Gasteiger partial charge in [-0.2, -0.15) is 0 Å². The van der Waals surface area contributed by atoms with E-state index in [0.29, 0.717) is 5.41 Å². The molecule has 0 aliphatic rings. The van der Waals surface area contributed by atoms with E-state index in [2.05, 4.69) is 57.9 Å². The molecule has 0 aromatic heterocycles. The minimum absolute atomic E-state index is 0.253. The first-order chi connectivity index (χ1) is 7.79. The molecule has 1 aromatic carbocycles. The van der Waals surface area contributed by atoms with Crippen molar-refractivity contribution in [3.8, 4) is 5.75 Å². The van der Waals surface area contributed by atoms with Gasteiger partial charge in [-0.05, 0) is 67.9 Å². The molecule has 1 aromatic rings. The summed E-state index contributed by atoms with van der Waals surface area (Å²) in [5.74, 6) is 0.253. The maximum absolute atomic E-state index is 9.59. The Kier molecular flexibility index (Phi) is 5.48. The Morgan fingerprint density at radius 3 is 2.18 bits per heavy atom. The van der Waals surface area contributed by atoms with E-state index in [4.69, 9.17) is 0 Å². The van der Waals surface area contributed by atoms with Crippen LogP contribution in [0, 0.1) is 5.41 Å². The van der Waals surface area contributed by atoms with E-state index >= 15 is 0 Å². The zero-order valence-electron chi connectivity index (χ0n) is 10.5. The highest BCUT2D eigenvalue weighted by Gasteiger charge is 2.09. The monoisotopic (exact) mass is 363 g/mol. The number of aromatic hydroxyl groups is 1. The predicted octanol–water partition coefficient (Wildman–Crippen LogP) is 4.44. The zero-order chi connectivity index (χ0) is 13.1. The third-order valence-electron chi connectivity index (χ3n) is 2.46. The second-order valence-corrected chi connectivity index (χ2v) is 7.10. The molecule has 2 N–H and O–H groups in total. The van der Waals surface area contributed by atoms with Crippen LogP contribution in [0.25, 0.3) is 0 Å². The largest absolute Gasteiger partial charge is 0.506 e. The lowest BCUT2D eigenvalue weighted by atomic mass is 9.92. The molecule has 0 radical (unpaired) electrons. The maximum Gasteiger partial charge on any atom is 0.143 e. The summed E-state index contributed by atoms with van der Waals surface area (Å²) >= 11 is 6.66. The molecule has 0 amide bonds. The van der Waals surface area contributed by atoms with Crippen molar-refractivity contribution in [2.75, 3.05) is 6.54 Å². The minimum Gasteiger partial charge on any atom is -0.506 e. The first kappa shape index (κ1) is 15.0. The van der Waals surface area contributed by atoms with Crippen LogP contribution < -0.4 is 5.32 Å². The van der Waals surface area contributed by atoms with Crippen LogP contribution in [0.3, 0.4) is 0 Å². The van der Waals surface area contributed by atoms with E-state index in [1.807, 2.05) is 12.1 Å². The summed E-state index contributed by atoms with van der Waals surface area (Å²) in [5.41, 5.74) is 1.51. The van der Waals surface area contributed by atoms with Gasteiger partial charge < -0.3 is 10.4 Å². The molecular formula is C13H19Br2NO. The molecule has 0 fully saturated rings. The molecule has 0 saturated heterocycles. The van der Waals surface area contributed by atoms with Crippen LogP contribution >= 0.6 is 31.9 Å². The SMILES string of the molecule is CC(C)(C)CCNCc1cc(Br)c(O)c(Br)c1. The van der Waals surface area contributed by atoms with Crippen molar-refractivity contribution in [3.63, 3.8) is 0 Å². The van der Waals surface area contributed by atoms with E-state index in [0.717, 1.165) is 34.0 Å². The summed E-state index contributed by atoms with van der Waals surface area (Å²) < 4.78 is 1.44. The molecule has 0 atom stereocenters. The van der Waals surface area contributed by atoms with Crippen LogP contribution in [0.4, 0.5) is 0 Å².